The Labute approximate surface area is 247 Å². The zero-order valence-electron chi connectivity index (χ0n) is 20.2. The van der Waals surface area contributed by atoms with Crippen molar-refractivity contribution in [3.8, 4) is 6.07 Å². The molecule has 0 aliphatic rings. The normalized spacial score (nSPS) is 11.8. The molecule has 0 bridgehead atoms. The van der Waals surface area contributed by atoms with E-state index in [4.69, 9.17) is 46.4 Å². The van der Waals surface area contributed by atoms with Gasteiger partial charge in [0.05, 0.1) is 46.2 Å². The maximum Gasteiger partial charge on any atom is 0.141 e. The summed E-state index contributed by atoms with van der Waals surface area (Å²) < 4.78 is 15.2. The summed E-state index contributed by atoms with van der Waals surface area (Å²) in [5, 5.41) is 35.0. The number of nitriles is 1. The van der Waals surface area contributed by atoms with Crippen LogP contribution in [0.25, 0.3) is 10.9 Å². The minimum Gasteiger partial charge on any atom is -0.394 e. The number of nitrogens with one attached hydrogen (secondary N) is 2. The van der Waals surface area contributed by atoms with Crippen LogP contribution in [0.15, 0.2) is 54.9 Å². The van der Waals surface area contributed by atoms with Crippen molar-refractivity contribution in [1.29, 1.82) is 5.26 Å². The van der Waals surface area contributed by atoms with Gasteiger partial charge < -0.3 is 15.7 Å². The van der Waals surface area contributed by atoms with Crippen LogP contribution in [0, 0.1) is 17.1 Å². The SMILES string of the molecule is N#Cc1cnc2c(Cl)cc(N[C@H](c3cn(CCO)nn3)c3ccc(Cl)nc3Cl)cc2c1Nc1ccc(F)c(Cl)c1. The lowest BCUT2D eigenvalue weighted by Gasteiger charge is -2.20. The van der Waals surface area contributed by atoms with Crippen LogP contribution in [0.3, 0.4) is 0 Å². The van der Waals surface area contributed by atoms with E-state index in [0.717, 1.165) is 0 Å². The van der Waals surface area contributed by atoms with Crippen LogP contribution in [-0.4, -0.2) is 36.7 Å². The van der Waals surface area contributed by atoms with Crippen LogP contribution in [0.4, 0.5) is 21.5 Å². The Kier molecular flexibility index (Phi) is 8.21. The van der Waals surface area contributed by atoms with Crippen molar-refractivity contribution in [2.24, 2.45) is 0 Å². The van der Waals surface area contributed by atoms with Crippen LogP contribution < -0.4 is 10.6 Å². The van der Waals surface area contributed by atoms with Gasteiger partial charge in [0, 0.05) is 28.5 Å². The molecule has 3 heterocycles. The van der Waals surface area contributed by atoms with E-state index in [1.807, 2.05) is 0 Å². The van der Waals surface area contributed by atoms with E-state index < -0.39 is 11.9 Å². The number of aromatic nitrogens is 5. The van der Waals surface area contributed by atoms with Crippen molar-refractivity contribution >= 4 is 74.4 Å². The van der Waals surface area contributed by atoms with E-state index in [2.05, 4.69) is 37.0 Å². The molecule has 3 aromatic heterocycles. The van der Waals surface area contributed by atoms with Crippen LogP contribution >= 0.6 is 46.4 Å². The largest absolute Gasteiger partial charge is 0.394 e. The first-order chi connectivity index (χ1) is 19.3. The molecule has 14 heteroatoms. The van der Waals surface area contributed by atoms with Crippen molar-refractivity contribution in [1.82, 2.24) is 25.0 Å². The number of anilines is 3. The Balaban J connectivity index is 1.62. The lowest BCUT2D eigenvalue weighted by molar-refractivity contribution is 0.268. The molecule has 202 valence electrons. The van der Waals surface area contributed by atoms with Gasteiger partial charge in [0.1, 0.15) is 33.9 Å². The van der Waals surface area contributed by atoms with Gasteiger partial charge in [-0.3, -0.25) is 4.98 Å². The van der Waals surface area contributed by atoms with Gasteiger partial charge in [-0.15, -0.1) is 5.10 Å². The van der Waals surface area contributed by atoms with Gasteiger partial charge in [0.2, 0.25) is 0 Å². The molecular formula is C26H17Cl4FN8O. The van der Waals surface area contributed by atoms with Gasteiger partial charge >= 0.3 is 0 Å². The summed E-state index contributed by atoms with van der Waals surface area (Å²) in [5.41, 5.74) is 3.09. The first-order valence-corrected chi connectivity index (χ1v) is 13.1. The second-order valence-corrected chi connectivity index (χ2v) is 10.0. The summed E-state index contributed by atoms with van der Waals surface area (Å²) in [6.45, 7) is 0.132. The first-order valence-electron chi connectivity index (χ1n) is 11.6. The van der Waals surface area contributed by atoms with E-state index >= 15 is 0 Å². The summed E-state index contributed by atoms with van der Waals surface area (Å²) in [5.74, 6) is -0.570. The van der Waals surface area contributed by atoms with E-state index in [1.54, 1.807) is 30.5 Å². The number of rotatable bonds is 8. The third kappa shape index (κ3) is 5.75. The highest BCUT2D eigenvalue weighted by atomic mass is 35.5. The maximum atomic E-state index is 13.7. The number of hydrogen-bond donors (Lipinski definition) is 3. The molecule has 1 atom stereocenters. The van der Waals surface area contributed by atoms with Crippen LogP contribution in [0.5, 0.6) is 0 Å². The third-order valence-electron chi connectivity index (χ3n) is 5.88. The van der Waals surface area contributed by atoms with Gasteiger partial charge in [-0.25, -0.2) is 14.1 Å². The number of halogens is 5. The average Bonchev–Trinajstić information content (AvgIpc) is 3.39. The van der Waals surface area contributed by atoms with Crippen LogP contribution in [-0.2, 0) is 6.54 Å². The summed E-state index contributed by atoms with van der Waals surface area (Å²) in [7, 11) is 0. The molecule has 3 N–H and O–H groups in total. The smallest absolute Gasteiger partial charge is 0.141 e. The molecular weight excluding hydrogens is 601 g/mol. The van der Waals surface area contributed by atoms with Gasteiger partial charge in [-0.2, -0.15) is 5.26 Å². The minimum absolute atomic E-state index is 0.0761. The van der Waals surface area contributed by atoms with Crippen molar-refractivity contribution in [3.63, 3.8) is 0 Å². The molecule has 0 unspecified atom stereocenters. The lowest BCUT2D eigenvalue weighted by atomic mass is 10.0. The van der Waals surface area contributed by atoms with Gasteiger partial charge in [-0.1, -0.05) is 57.7 Å². The molecule has 0 aliphatic carbocycles. The molecule has 2 aromatic carbocycles. The molecule has 5 aromatic rings. The fourth-order valence-corrected chi connectivity index (χ4v) is 4.96. The molecule has 0 fully saturated rings. The number of pyridine rings is 2. The molecule has 0 saturated heterocycles. The van der Waals surface area contributed by atoms with Gasteiger partial charge in [0.25, 0.3) is 0 Å². The molecule has 40 heavy (non-hydrogen) atoms. The van der Waals surface area contributed by atoms with Crippen molar-refractivity contribution < 1.29 is 9.50 Å². The predicted molar refractivity (Wildman–Crippen MR) is 153 cm³/mol. The number of aliphatic hydroxyl groups is 1. The number of fused-ring (bicyclic) bond motifs is 1. The van der Waals surface area contributed by atoms with Crippen molar-refractivity contribution in [2.45, 2.75) is 12.6 Å². The highest BCUT2D eigenvalue weighted by molar-refractivity contribution is 6.36. The molecule has 9 nitrogen and oxygen atoms in total. The average molecular weight is 618 g/mol. The van der Waals surface area contributed by atoms with E-state index in [0.29, 0.717) is 44.2 Å². The van der Waals surface area contributed by atoms with Gasteiger partial charge in [-0.05, 0) is 36.4 Å². The Morgan fingerprint density at radius 3 is 2.58 bits per heavy atom. The van der Waals surface area contributed by atoms with Crippen LogP contribution in [0.2, 0.25) is 20.4 Å². The molecule has 0 radical (unpaired) electrons. The number of benzene rings is 2. The van der Waals surface area contributed by atoms with E-state index in [9.17, 15) is 14.8 Å². The fourth-order valence-electron chi connectivity index (χ4n) is 4.05. The van der Waals surface area contributed by atoms with Crippen molar-refractivity contribution in [2.75, 3.05) is 17.2 Å². The predicted octanol–water partition coefficient (Wildman–Crippen LogP) is 6.78. The highest BCUT2D eigenvalue weighted by Gasteiger charge is 2.23. The Morgan fingerprint density at radius 1 is 1.05 bits per heavy atom. The molecule has 0 aliphatic heterocycles. The number of aliphatic hydroxyl groups excluding tert-OH is 1. The topological polar surface area (TPSA) is 125 Å². The minimum atomic E-state index is -0.655. The third-order valence-corrected chi connectivity index (χ3v) is 6.97. The highest BCUT2D eigenvalue weighted by Crippen LogP contribution is 2.38. The van der Waals surface area contributed by atoms with Crippen molar-refractivity contribution in [3.05, 3.63) is 97.8 Å². The fraction of sp³-hybridized carbons (Fsp3) is 0.115. The van der Waals surface area contributed by atoms with Crippen LogP contribution in [0.1, 0.15) is 22.9 Å². The molecule has 0 saturated carbocycles. The Hall–Kier alpha value is -3.72. The Morgan fingerprint density at radius 2 is 1.85 bits per heavy atom. The molecule has 5 rings (SSSR count). The lowest BCUT2D eigenvalue weighted by Crippen LogP contribution is -2.14. The van der Waals surface area contributed by atoms with E-state index in [1.165, 1.54) is 29.1 Å². The molecule has 0 amide bonds. The van der Waals surface area contributed by atoms with Gasteiger partial charge in [0.15, 0.2) is 0 Å². The number of nitrogens with zero attached hydrogens (tertiary/aromatic N) is 6. The second kappa shape index (κ2) is 11.8. The summed E-state index contributed by atoms with van der Waals surface area (Å²) in [6, 6.07) is 12.3. The monoisotopic (exact) mass is 616 g/mol. The van der Waals surface area contributed by atoms with E-state index in [-0.39, 0.29) is 34.0 Å². The standard InChI is InChI=1S/C26H17Cl4FN8O/c27-18-8-14(1-3-20(18)31)34-23-13(10-32)11-33-24-17(23)7-15(9-19(24)28)35-25(16-2-4-22(29)36-26(16)30)21-12-39(5-6-40)38-37-21/h1-4,7-9,11-12,25,35,40H,5-6H2,(H,33,34)/t25-/m0/s1. The quantitative estimate of drug-likeness (QED) is 0.163. The summed E-state index contributed by atoms with van der Waals surface area (Å²) >= 11 is 25.1. The zero-order valence-corrected chi connectivity index (χ0v) is 23.2. The summed E-state index contributed by atoms with van der Waals surface area (Å²) in [6.07, 6.45) is 3.07. The number of hydrogen-bond acceptors (Lipinski definition) is 8. The molecule has 0 spiro atoms. The first kappa shape index (κ1) is 27.8. The zero-order chi connectivity index (χ0) is 28.4. The maximum absolute atomic E-state index is 13.7. The summed E-state index contributed by atoms with van der Waals surface area (Å²) in [4.78, 5) is 8.51. The second-order valence-electron chi connectivity index (χ2n) is 8.49. The Bertz CT molecular complexity index is 1770.